The minimum Gasteiger partial charge on any atom is -0.464 e. The van der Waals surface area contributed by atoms with Crippen LogP contribution in [0.5, 0.6) is 0 Å². The summed E-state index contributed by atoms with van der Waals surface area (Å²) in [5.74, 6) is 0. The Labute approximate surface area is 127 Å². The Morgan fingerprint density at radius 2 is 2.05 bits per heavy atom. The number of nitrogens with zero attached hydrogens (tertiary/aromatic N) is 1. The Morgan fingerprint density at radius 3 is 2.86 bits per heavy atom. The van der Waals surface area contributed by atoms with E-state index >= 15 is 0 Å². The van der Waals surface area contributed by atoms with E-state index in [4.69, 9.17) is 10.2 Å². The standard InChI is InChI=1S/C18H26N2O/c1-18(2)8-5-10-20(11-9-18)16(12-19)15-13-21-17-7-4-3-6-14(15)17/h3-4,6-7,13,16H,5,8-12,19H2,1-2H3. The van der Waals surface area contributed by atoms with Crippen molar-refractivity contribution in [3.63, 3.8) is 0 Å². The van der Waals surface area contributed by atoms with E-state index in [0.29, 0.717) is 12.0 Å². The summed E-state index contributed by atoms with van der Waals surface area (Å²) in [6, 6.07) is 8.51. The van der Waals surface area contributed by atoms with Gasteiger partial charge in [-0.05, 0) is 43.8 Å². The van der Waals surface area contributed by atoms with Crippen LogP contribution in [0, 0.1) is 5.41 Å². The molecule has 0 aliphatic carbocycles. The largest absolute Gasteiger partial charge is 0.464 e. The van der Waals surface area contributed by atoms with Crippen molar-refractivity contribution in [3.05, 3.63) is 36.1 Å². The monoisotopic (exact) mass is 286 g/mol. The van der Waals surface area contributed by atoms with Crippen LogP contribution in [0.15, 0.2) is 34.9 Å². The number of nitrogens with two attached hydrogens (primary N) is 1. The zero-order valence-electron chi connectivity index (χ0n) is 13.1. The number of likely N-dealkylation sites (tertiary alicyclic amines) is 1. The van der Waals surface area contributed by atoms with Gasteiger partial charge in [-0.3, -0.25) is 4.90 Å². The van der Waals surface area contributed by atoms with E-state index in [0.717, 1.165) is 18.7 Å². The normalized spacial score (nSPS) is 21.3. The first-order chi connectivity index (χ1) is 10.1. The predicted molar refractivity (Wildman–Crippen MR) is 87.2 cm³/mol. The van der Waals surface area contributed by atoms with E-state index in [9.17, 15) is 0 Å². The zero-order chi connectivity index (χ0) is 14.9. The maximum Gasteiger partial charge on any atom is 0.134 e. The van der Waals surface area contributed by atoms with Crippen molar-refractivity contribution in [2.45, 2.75) is 39.2 Å². The fraction of sp³-hybridized carbons (Fsp3) is 0.556. The molecule has 1 fully saturated rings. The summed E-state index contributed by atoms with van der Waals surface area (Å²) in [5.41, 5.74) is 8.77. The van der Waals surface area contributed by atoms with E-state index < -0.39 is 0 Å². The molecule has 0 saturated carbocycles. The SMILES string of the molecule is CC1(C)CCCN(C(CN)c2coc3ccccc23)CC1. The summed E-state index contributed by atoms with van der Waals surface area (Å²) >= 11 is 0. The van der Waals surface area contributed by atoms with Gasteiger partial charge in [0.05, 0.1) is 12.3 Å². The van der Waals surface area contributed by atoms with E-state index in [2.05, 4.69) is 30.9 Å². The Balaban J connectivity index is 1.88. The highest BCUT2D eigenvalue weighted by Crippen LogP contribution is 2.35. The van der Waals surface area contributed by atoms with Gasteiger partial charge in [0, 0.05) is 17.5 Å². The highest BCUT2D eigenvalue weighted by atomic mass is 16.3. The highest BCUT2D eigenvalue weighted by molar-refractivity contribution is 5.81. The quantitative estimate of drug-likeness (QED) is 0.929. The fourth-order valence-corrected chi connectivity index (χ4v) is 3.48. The third-order valence-corrected chi connectivity index (χ3v) is 4.91. The van der Waals surface area contributed by atoms with Gasteiger partial charge >= 0.3 is 0 Å². The molecule has 3 heteroatoms. The molecule has 2 N–H and O–H groups in total. The van der Waals surface area contributed by atoms with Gasteiger partial charge in [-0.25, -0.2) is 0 Å². The molecule has 0 bridgehead atoms. The van der Waals surface area contributed by atoms with Crippen molar-refractivity contribution in [1.29, 1.82) is 0 Å². The Hall–Kier alpha value is -1.32. The van der Waals surface area contributed by atoms with E-state index in [1.54, 1.807) is 0 Å². The van der Waals surface area contributed by atoms with Crippen LogP contribution in [0.3, 0.4) is 0 Å². The molecule has 0 amide bonds. The summed E-state index contributed by atoms with van der Waals surface area (Å²) in [7, 11) is 0. The molecule has 2 aromatic rings. The maximum atomic E-state index is 6.12. The summed E-state index contributed by atoms with van der Waals surface area (Å²) in [4.78, 5) is 2.55. The first kappa shape index (κ1) is 14.6. The minimum atomic E-state index is 0.266. The third-order valence-electron chi connectivity index (χ3n) is 4.91. The van der Waals surface area contributed by atoms with Gasteiger partial charge in [-0.1, -0.05) is 32.0 Å². The van der Waals surface area contributed by atoms with Crippen LogP contribution in [0.25, 0.3) is 11.0 Å². The lowest BCUT2D eigenvalue weighted by molar-refractivity contribution is 0.200. The molecule has 1 saturated heterocycles. The van der Waals surface area contributed by atoms with Crippen molar-refractivity contribution >= 4 is 11.0 Å². The van der Waals surface area contributed by atoms with Gasteiger partial charge in [0.15, 0.2) is 0 Å². The van der Waals surface area contributed by atoms with E-state index in [-0.39, 0.29) is 6.04 Å². The molecule has 1 aromatic heterocycles. The molecule has 1 atom stereocenters. The Kier molecular flexibility index (Phi) is 4.05. The van der Waals surface area contributed by atoms with Crippen molar-refractivity contribution < 1.29 is 4.42 Å². The lowest BCUT2D eigenvalue weighted by Gasteiger charge is -2.30. The highest BCUT2D eigenvalue weighted by Gasteiger charge is 2.28. The second-order valence-electron chi connectivity index (χ2n) is 6.99. The first-order valence-corrected chi connectivity index (χ1v) is 8.01. The lowest BCUT2D eigenvalue weighted by Crippen LogP contribution is -2.34. The molecular weight excluding hydrogens is 260 g/mol. The number of benzene rings is 1. The molecule has 3 nitrogen and oxygen atoms in total. The van der Waals surface area contributed by atoms with Crippen LogP contribution in [-0.4, -0.2) is 24.5 Å². The molecule has 1 unspecified atom stereocenters. The maximum absolute atomic E-state index is 6.12. The average molecular weight is 286 g/mol. The molecule has 2 heterocycles. The topological polar surface area (TPSA) is 42.4 Å². The van der Waals surface area contributed by atoms with Gasteiger partial charge in [-0.2, -0.15) is 0 Å². The van der Waals surface area contributed by atoms with E-state index in [1.807, 2.05) is 18.4 Å². The zero-order valence-corrected chi connectivity index (χ0v) is 13.1. The Bertz CT molecular complexity index is 602. The van der Waals surface area contributed by atoms with Crippen LogP contribution in [0.1, 0.15) is 44.7 Å². The average Bonchev–Trinajstić information content (AvgIpc) is 2.80. The van der Waals surface area contributed by atoms with Crippen LogP contribution < -0.4 is 5.73 Å². The van der Waals surface area contributed by atoms with E-state index in [1.165, 1.54) is 30.2 Å². The number of hydrogen-bond acceptors (Lipinski definition) is 3. The number of para-hydroxylation sites is 1. The first-order valence-electron chi connectivity index (χ1n) is 8.01. The van der Waals surface area contributed by atoms with Crippen molar-refractivity contribution in [2.24, 2.45) is 11.1 Å². The number of hydrogen-bond donors (Lipinski definition) is 1. The van der Waals surface area contributed by atoms with Crippen LogP contribution in [0.4, 0.5) is 0 Å². The van der Waals surface area contributed by atoms with Crippen molar-refractivity contribution in [1.82, 2.24) is 4.90 Å². The van der Waals surface area contributed by atoms with Crippen LogP contribution in [-0.2, 0) is 0 Å². The number of furan rings is 1. The lowest BCUT2D eigenvalue weighted by atomic mass is 9.85. The molecule has 1 aromatic carbocycles. The molecule has 1 aliphatic heterocycles. The van der Waals surface area contributed by atoms with Crippen molar-refractivity contribution in [3.8, 4) is 0 Å². The molecule has 0 spiro atoms. The number of fused-ring (bicyclic) bond motifs is 1. The summed E-state index contributed by atoms with van der Waals surface area (Å²) in [6.07, 6.45) is 5.68. The molecule has 1 aliphatic rings. The second-order valence-corrected chi connectivity index (χ2v) is 6.99. The number of rotatable bonds is 3. The van der Waals surface area contributed by atoms with Crippen molar-refractivity contribution in [2.75, 3.05) is 19.6 Å². The molecular formula is C18H26N2O. The van der Waals surface area contributed by atoms with Gasteiger partial charge in [0.25, 0.3) is 0 Å². The van der Waals surface area contributed by atoms with Crippen LogP contribution >= 0.6 is 0 Å². The summed E-state index contributed by atoms with van der Waals surface area (Å²) in [5, 5.41) is 1.21. The van der Waals surface area contributed by atoms with Gasteiger partial charge in [0.2, 0.25) is 0 Å². The second kappa shape index (κ2) is 5.82. The molecule has 0 radical (unpaired) electrons. The Morgan fingerprint density at radius 1 is 1.24 bits per heavy atom. The fourth-order valence-electron chi connectivity index (χ4n) is 3.48. The summed E-state index contributed by atoms with van der Waals surface area (Å²) in [6.45, 7) is 7.64. The van der Waals surface area contributed by atoms with Gasteiger partial charge < -0.3 is 10.2 Å². The van der Waals surface area contributed by atoms with Gasteiger partial charge in [0.1, 0.15) is 5.58 Å². The molecule has 114 valence electrons. The molecule has 21 heavy (non-hydrogen) atoms. The van der Waals surface area contributed by atoms with Crippen LogP contribution in [0.2, 0.25) is 0 Å². The predicted octanol–water partition coefficient (Wildman–Crippen LogP) is 3.94. The smallest absolute Gasteiger partial charge is 0.134 e. The molecule has 3 rings (SSSR count). The minimum absolute atomic E-state index is 0.266. The third kappa shape index (κ3) is 2.99. The van der Waals surface area contributed by atoms with Gasteiger partial charge in [-0.15, -0.1) is 0 Å². The summed E-state index contributed by atoms with van der Waals surface area (Å²) < 4.78 is 5.71.